The summed E-state index contributed by atoms with van der Waals surface area (Å²) in [6, 6.07) is 1.70. The number of methoxy groups -OCH3 is 1. The van der Waals surface area contributed by atoms with Gasteiger partial charge in [-0.3, -0.25) is 4.90 Å². The number of hydrogen-bond acceptors (Lipinski definition) is 3. The number of ether oxygens (including phenoxy) is 1. The molecule has 0 amide bonds. The number of nitrogens with one attached hydrogen (secondary N) is 1. The van der Waals surface area contributed by atoms with Gasteiger partial charge in [-0.1, -0.05) is 0 Å². The monoisotopic (exact) mass is 200 g/mol. The van der Waals surface area contributed by atoms with Crippen LogP contribution in [0, 0.1) is 0 Å². The highest BCUT2D eigenvalue weighted by atomic mass is 16.5. The molecule has 1 aliphatic heterocycles. The van der Waals surface area contributed by atoms with Gasteiger partial charge in [-0.05, 0) is 27.7 Å². The second-order valence-electron chi connectivity index (χ2n) is 4.54. The van der Waals surface area contributed by atoms with Crippen molar-refractivity contribution in [1.29, 1.82) is 0 Å². The van der Waals surface area contributed by atoms with Crippen LogP contribution in [-0.2, 0) is 4.74 Å². The van der Waals surface area contributed by atoms with Crippen molar-refractivity contribution in [2.45, 2.75) is 51.9 Å². The summed E-state index contributed by atoms with van der Waals surface area (Å²) < 4.78 is 5.39. The van der Waals surface area contributed by atoms with Crippen LogP contribution in [0.4, 0.5) is 0 Å². The predicted molar refractivity (Wildman–Crippen MR) is 59.6 cm³/mol. The van der Waals surface area contributed by atoms with Crippen molar-refractivity contribution in [3.8, 4) is 0 Å². The summed E-state index contributed by atoms with van der Waals surface area (Å²) in [7, 11) is 1.79. The van der Waals surface area contributed by atoms with E-state index in [0.717, 1.165) is 13.1 Å². The molecule has 0 saturated carbocycles. The minimum atomic E-state index is 0.308. The highest BCUT2D eigenvalue weighted by Gasteiger charge is 2.28. The lowest BCUT2D eigenvalue weighted by Crippen LogP contribution is -2.59. The molecular weight excluding hydrogens is 176 g/mol. The molecule has 0 aromatic rings. The molecule has 0 aliphatic carbocycles. The summed E-state index contributed by atoms with van der Waals surface area (Å²) in [4.78, 5) is 2.54. The van der Waals surface area contributed by atoms with Gasteiger partial charge in [0.2, 0.25) is 0 Å². The van der Waals surface area contributed by atoms with Crippen LogP contribution in [-0.4, -0.2) is 49.3 Å². The zero-order chi connectivity index (χ0) is 10.7. The van der Waals surface area contributed by atoms with Gasteiger partial charge in [0.1, 0.15) is 0 Å². The molecule has 4 atom stereocenters. The van der Waals surface area contributed by atoms with Crippen LogP contribution in [0.3, 0.4) is 0 Å². The largest absolute Gasteiger partial charge is 0.380 e. The van der Waals surface area contributed by atoms with E-state index >= 15 is 0 Å². The molecule has 1 saturated heterocycles. The van der Waals surface area contributed by atoms with Gasteiger partial charge in [-0.2, -0.15) is 0 Å². The first kappa shape index (κ1) is 12.0. The topological polar surface area (TPSA) is 24.5 Å². The van der Waals surface area contributed by atoms with E-state index in [1.165, 1.54) is 0 Å². The average Bonchev–Trinajstić information content (AvgIpc) is 2.19. The number of hydrogen-bond donors (Lipinski definition) is 1. The molecule has 0 spiro atoms. The fourth-order valence-electron chi connectivity index (χ4n) is 2.08. The smallest absolute Gasteiger partial charge is 0.0695 e. The summed E-state index contributed by atoms with van der Waals surface area (Å²) >= 11 is 0. The molecule has 3 nitrogen and oxygen atoms in total. The maximum Gasteiger partial charge on any atom is 0.0695 e. The Kier molecular flexibility index (Phi) is 4.35. The summed E-state index contributed by atoms with van der Waals surface area (Å²) in [6.45, 7) is 11.1. The predicted octanol–water partition coefficient (Wildman–Crippen LogP) is 1.09. The maximum absolute atomic E-state index is 5.39. The molecule has 4 unspecified atom stereocenters. The Bertz CT molecular complexity index is 175. The fraction of sp³-hybridized carbons (Fsp3) is 1.00. The second-order valence-corrected chi connectivity index (χ2v) is 4.54. The minimum Gasteiger partial charge on any atom is -0.380 e. The normalized spacial score (nSPS) is 34.1. The van der Waals surface area contributed by atoms with Crippen LogP contribution in [0.1, 0.15) is 27.7 Å². The second kappa shape index (κ2) is 5.10. The van der Waals surface area contributed by atoms with E-state index in [1.54, 1.807) is 7.11 Å². The lowest BCUT2D eigenvalue weighted by Gasteiger charge is -2.42. The third kappa shape index (κ3) is 2.69. The molecule has 1 N–H and O–H groups in total. The van der Waals surface area contributed by atoms with Crippen molar-refractivity contribution in [3.63, 3.8) is 0 Å². The third-order valence-corrected chi connectivity index (χ3v) is 3.39. The summed E-state index contributed by atoms with van der Waals surface area (Å²) in [5.41, 5.74) is 0. The van der Waals surface area contributed by atoms with Crippen molar-refractivity contribution in [2.75, 3.05) is 20.2 Å². The standard InChI is InChI=1S/C11H24N2O/c1-8-7-13(9(2)6-12-8)10(3)11(4)14-5/h8-12H,6-7H2,1-5H3. The summed E-state index contributed by atoms with van der Waals surface area (Å²) in [5, 5.41) is 3.49. The zero-order valence-corrected chi connectivity index (χ0v) is 10.1. The van der Waals surface area contributed by atoms with Crippen LogP contribution in [0.5, 0.6) is 0 Å². The van der Waals surface area contributed by atoms with Crippen molar-refractivity contribution in [2.24, 2.45) is 0 Å². The van der Waals surface area contributed by atoms with E-state index in [-0.39, 0.29) is 0 Å². The van der Waals surface area contributed by atoms with Crippen molar-refractivity contribution < 1.29 is 4.74 Å². The van der Waals surface area contributed by atoms with Gasteiger partial charge in [0.15, 0.2) is 0 Å². The molecule has 0 aromatic carbocycles. The van der Waals surface area contributed by atoms with Crippen molar-refractivity contribution in [3.05, 3.63) is 0 Å². The van der Waals surface area contributed by atoms with E-state index < -0.39 is 0 Å². The van der Waals surface area contributed by atoms with E-state index in [0.29, 0.717) is 24.2 Å². The van der Waals surface area contributed by atoms with E-state index in [2.05, 4.69) is 37.9 Å². The minimum absolute atomic E-state index is 0.308. The van der Waals surface area contributed by atoms with Crippen LogP contribution < -0.4 is 5.32 Å². The molecule has 0 aromatic heterocycles. The zero-order valence-electron chi connectivity index (χ0n) is 10.1. The van der Waals surface area contributed by atoms with Crippen LogP contribution in [0.2, 0.25) is 0 Å². The van der Waals surface area contributed by atoms with Crippen LogP contribution in [0.15, 0.2) is 0 Å². The Hall–Kier alpha value is -0.120. The third-order valence-electron chi connectivity index (χ3n) is 3.39. The molecular formula is C11H24N2O. The Morgan fingerprint density at radius 3 is 2.57 bits per heavy atom. The molecule has 3 heteroatoms. The first-order valence-corrected chi connectivity index (χ1v) is 5.58. The van der Waals surface area contributed by atoms with Gasteiger partial charge < -0.3 is 10.1 Å². The van der Waals surface area contributed by atoms with Gasteiger partial charge in [0, 0.05) is 38.3 Å². The molecule has 1 heterocycles. The van der Waals surface area contributed by atoms with Gasteiger partial charge in [-0.15, -0.1) is 0 Å². The number of nitrogens with zero attached hydrogens (tertiary/aromatic N) is 1. The Balaban J connectivity index is 2.55. The number of piperazine rings is 1. The fourth-order valence-corrected chi connectivity index (χ4v) is 2.08. The molecule has 1 rings (SSSR count). The van der Waals surface area contributed by atoms with Crippen molar-refractivity contribution in [1.82, 2.24) is 10.2 Å². The maximum atomic E-state index is 5.39. The van der Waals surface area contributed by atoms with Gasteiger partial charge in [-0.25, -0.2) is 0 Å². The SMILES string of the molecule is COC(C)C(C)N1CC(C)NCC1C. The summed E-state index contributed by atoms with van der Waals surface area (Å²) in [5.74, 6) is 0. The molecule has 1 aliphatic rings. The molecule has 1 fully saturated rings. The molecule has 14 heavy (non-hydrogen) atoms. The van der Waals surface area contributed by atoms with Crippen LogP contribution in [0.25, 0.3) is 0 Å². The van der Waals surface area contributed by atoms with Gasteiger partial charge >= 0.3 is 0 Å². The number of rotatable bonds is 3. The van der Waals surface area contributed by atoms with E-state index in [9.17, 15) is 0 Å². The van der Waals surface area contributed by atoms with Crippen LogP contribution >= 0.6 is 0 Å². The van der Waals surface area contributed by atoms with Crippen molar-refractivity contribution >= 4 is 0 Å². The van der Waals surface area contributed by atoms with E-state index in [4.69, 9.17) is 4.74 Å². The lowest BCUT2D eigenvalue weighted by molar-refractivity contribution is 0.00224. The van der Waals surface area contributed by atoms with Gasteiger partial charge in [0.05, 0.1) is 6.10 Å². The van der Waals surface area contributed by atoms with E-state index in [1.807, 2.05) is 0 Å². The average molecular weight is 200 g/mol. The Morgan fingerprint density at radius 2 is 2.00 bits per heavy atom. The lowest BCUT2D eigenvalue weighted by atomic mass is 10.1. The summed E-state index contributed by atoms with van der Waals surface area (Å²) in [6.07, 6.45) is 0.308. The van der Waals surface area contributed by atoms with Gasteiger partial charge in [0.25, 0.3) is 0 Å². The molecule has 0 bridgehead atoms. The first-order valence-electron chi connectivity index (χ1n) is 5.58. The first-order chi connectivity index (χ1) is 6.56. The Labute approximate surface area is 87.8 Å². The highest BCUT2D eigenvalue weighted by Crippen LogP contribution is 2.14. The molecule has 0 radical (unpaired) electrons. The molecule has 84 valence electrons. The highest BCUT2D eigenvalue weighted by molar-refractivity contribution is 4.86. The Morgan fingerprint density at radius 1 is 1.36 bits per heavy atom. The quantitative estimate of drug-likeness (QED) is 0.738.